The normalized spacial score (nSPS) is 21.1. The van der Waals surface area contributed by atoms with Crippen LogP contribution in [0.4, 0.5) is 0 Å². The topological polar surface area (TPSA) is 35.5 Å². The molecule has 0 aliphatic carbocycles. The Balaban J connectivity index is 2.61. The summed E-state index contributed by atoms with van der Waals surface area (Å²) in [7, 11) is 0. The van der Waals surface area contributed by atoms with Crippen LogP contribution >= 0.6 is 0 Å². The Morgan fingerprint density at radius 1 is 1.38 bits per heavy atom. The van der Waals surface area contributed by atoms with Crippen LogP contribution in [0.25, 0.3) is 0 Å². The molecule has 0 aromatic rings. The lowest BCUT2D eigenvalue weighted by Gasteiger charge is -2.33. The van der Waals surface area contributed by atoms with Crippen molar-refractivity contribution in [1.29, 1.82) is 0 Å². The van der Waals surface area contributed by atoms with E-state index in [2.05, 4.69) is 0 Å². The van der Waals surface area contributed by atoms with Crippen molar-refractivity contribution in [2.75, 3.05) is 19.8 Å². The Kier molecular flexibility index (Phi) is 3.72. The van der Waals surface area contributed by atoms with Gasteiger partial charge in [-0.05, 0) is 26.2 Å². The Bertz CT molecular complexity index is 171. The second-order valence-corrected chi connectivity index (χ2v) is 3.20. The third-order valence-corrected chi connectivity index (χ3v) is 2.49. The highest BCUT2D eigenvalue weighted by atomic mass is 16.5. The highest BCUT2D eigenvalue weighted by molar-refractivity contribution is 5.77. The van der Waals surface area contributed by atoms with Crippen LogP contribution in [0.5, 0.6) is 0 Å². The van der Waals surface area contributed by atoms with Gasteiger partial charge in [0.25, 0.3) is 0 Å². The van der Waals surface area contributed by atoms with Crippen molar-refractivity contribution >= 4 is 5.97 Å². The summed E-state index contributed by atoms with van der Waals surface area (Å²) in [6.45, 7) is 11.8. The molecule has 0 atom stereocenters. The Hall–Kier alpha value is -0.570. The molecule has 1 heterocycles. The lowest BCUT2D eigenvalue weighted by molar-refractivity contribution is -0.160. The van der Waals surface area contributed by atoms with E-state index in [-0.39, 0.29) is 12.6 Å². The molecule has 0 unspecified atom stereocenters. The third kappa shape index (κ3) is 2.21. The van der Waals surface area contributed by atoms with Crippen LogP contribution in [0, 0.1) is 19.3 Å². The first kappa shape index (κ1) is 10.5. The SMILES string of the molecule is [CH]COC(=O)C1(C[CH])CCOCC1. The highest BCUT2D eigenvalue weighted by Crippen LogP contribution is 2.35. The number of hydrogen-bond acceptors (Lipinski definition) is 3. The predicted octanol–water partition coefficient (Wildman–Crippen LogP) is 1.14. The van der Waals surface area contributed by atoms with E-state index < -0.39 is 5.41 Å². The summed E-state index contributed by atoms with van der Waals surface area (Å²) in [4.78, 5) is 11.5. The van der Waals surface area contributed by atoms with Crippen molar-refractivity contribution < 1.29 is 14.3 Å². The van der Waals surface area contributed by atoms with Crippen molar-refractivity contribution in [2.24, 2.45) is 5.41 Å². The zero-order valence-corrected chi connectivity index (χ0v) is 7.62. The van der Waals surface area contributed by atoms with E-state index in [0.29, 0.717) is 32.5 Å². The van der Waals surface area contributed by atoms with Gasteiger partial charge in [-0.15, -0.1) is 0 Å². The summed E-state index contributed by atoms with van der Waals surface area (Å²) in [6.07, 6.45) is 1.56. The molecule has 1 saturated heterocycles. The molecule has 3 heteroatoms. The maximum Gasteiger partial charge on any atom is 0.312 e. The molecule has 1 aliphatic rings. The monoisotopic (exact) mass is 182 g/mol. The van der Waals surface area contributed by atoms with Crippen LogP contribution in [0.1, 0.15) is 19.3 Å². The number of esters is 1. The fourth-order valence-corrected chi connectivity index (χ4v) is 1.48. The van der Waals surface area contributed by atoms with Gasteiger partial charge in [-0.2, -0.15) is 0 Å². The Morgan fingerprint density at radius 2 is 2.00 bits per heavy atom. The quantitative estimate of drug-likeness (QED) is 0.614. The molecule has 4 radical (unpaired) electrons. The zero-order valence-electron chi connectivity index (χ0n) is 7.62. The Labute approximate surface area is 79.4 Å². The van der Waals surface area contributed by atoms with Crippen LogP contribution < -0.4 is 0 Å². The molecule has 1 aliphatic heterocycles. The van der Waals surface area contributed by atoms with Crippen molar-refractivity contribution in [3.8, 4) is 0 Å². The average Bonchev–Trinajstić information content (AvgIpc) is 2.19. The van der Waals surface area contributed by atoms with Crippen LogP contribution in [0.3, 0.4) is 0 Å². The first-order chi connectivity index (χ1) is 6.25. The van der Waals surface area contributed by atoms with Gasteiger partial charge in [0, 0.05) is 20.1 Å². The second kappa shape index (κ2) is 4.61. The summed E-state index contributed by atoms with van der Waals surface area (Å²) in [5.41, 5.74) is -0.558. The van der Waals surface area contributed by atoms with Gasteiger partial charge in [0.15, 0.2) is 0 Å². The molecule has 1 fully saturated rings. The standard InChI is InChI=1S/C10H14O3/c1-3-10(9(11)13-4-2)5-7-12-8-6-10/h1-2H,3-8H2. The molecular formula is C10H14O3. The molecule has 0 aromatic heterocycles. The van der Waals surface area contributed by atoms with Crippen molar-refractivity contribution in [3.05, 3.63) is 13.8 Å². The van der Waals surface area contributed by atoms with E-state index >= 15 is 0 Å². The maximum atomic E-state index is 11.5. The van der Waals surface area contributed by atoms with E-state index in [1.54, 1.807) is 0 Å². The fraction of sp³-hybridized carbons (Fsp3) is 0.700. The molecule has 1 rings (SSSR count). The summed E-state index contributed by atoms with van der Waals surface area (Å²) in [5.74, 6) is -0.291. The smallest absolute Gasteiger partial charge is 0.312 e. The molecular weight excluding hydrogens is 168 g/mol. The van der Waals surface area contributed by atoms with Crippen LogP contribution in [-0.2, 0) is 14.3 Å². The highest BCUT2D eigenvalue weighted by Gasteiger charge is 2.39. The van der Waals surface area contributed by atoms with Crippen molar-refractivity contribution in [1.82, 2.24) is 0 Å². The fourth-order valence-electron chi connectivity index (χ4n) is 1.48. The zero-order chi connectivity index (χ0) is 9.73. The molecule has 3 nitrogen and oxygen atoms in total. The van der Waals surface area contributed by atoms with Crippen molar-refractivity contribution in [3.63, 3.8) is 0 Å². The van der Waals surface area contributed by atoms with Gasteiger partial charge in [-0.1, -0.05) is 0 Å². The first-order valence-corrected chi connectivity index (χ1v) is 4.40. The molecule has 0 spiro atoms. The van der Waals surface area contributed by atoms with Crippen LogP contribution in [0.2, 0.25) is 0 Å². The summed E-state index contributed by atoms with van der Waals surface area (Å²) in [5, 5.41) is 0. The number of carbonyl (C=O) groups excluding carboxylic acids is 1. The van der Waals surface area contributed by atoms with Gasteiger partial charge in [-0.25, -0.2) is 0 Å². The molecule has 0 amide bonds. The predicted molar refractivity (Wildman–Crippen MR) is 46.7 cm³/mol. The third-order valence-electron chi connectivity index (χ3n) is 2.49. The van der Waals surface area contributed by atoms with Crippen LogP contribution in [0.15, 0.2) is 0 Å². The first-order valence-electron chi connectivity index (χ1n) is 4.40. The molecule has 0 N–H and O–H groups in total. The average molecular weight is 182 g/mol. The molecule has 0 aromatic carbocycles. The lowest BCUT2D eigenvalue weighted by Crippen LogP contribution is -2.38. The van der Waals surface area contributed by atoms with E-state index in [0.717, 1.165) is 0 Å². The Morgan fingerprint density at radius 3 is 2.46 bits per heavy atom. The minimum Gasteiger partial charge on any atom is -0.465 e. The van der Waals surface area contributed by atoms with Gasteiger partial charge in [0.05, 0.1) is 12.0 Å². The van der Waals surface area contributed by atoms with E-state index in [1.165, 1.54) is 0 Å². The van der Waals surface area contributed by atoms with Gasteiger partial charge < -0.3 is 9.47 Å². The number of hydrogen-bond donors (Lipinski definition) is 0. The minimum atomic E-state index is -0.558. The lowest BCUT2D eigenvalue weighted by atomic mass is 9.78. The summed E-state index contributed by atoms with van der Waals surface area (Å²) in [6, 6.07) is 0. The summed E-state index contributed by atoms with van der Waals surface area (Å²) >= 11 is 0. The van der Waals surface area contributed by atoms with E-state index in [1.807, 2.05) is 0 Å². The van der Waals surface area contributed by atoms with Crippen molar-refractivity contribution in [2.45, 2.75) is 19.3 Å². The largest absolute Gasteiger partial charge is 0.465 e. The number of ether oxygens (including phenoxy) is 2. The van der Waals surface area contributed by atoms with Gasteiger partial charge in [0.1, 0.15) is 0 Å². The van der Waals surface area contributed by atoms with Crippen LogP contribution in [-0.4, -0.2) is 25.8 Å². The molecule has 13 heavy (non-hydrogen) atoms. The van der Waals surface area contributed by atoms with Gasteiger partial charge in [0.2, 0.25) is 0 Å². The minimum absolute atomic E-state index is 0.0819. The van der Waals surface area contributed by atoms with E-state index in [4.69, 9.17) is 23.3 Å². The second-order valence-electron chi connectivity index (χ2n) is 3.20. The van der Waals surface area contributed by atoms with Gasteiger partial charge in [-0.3, -0.25) is 4.79 Å². The van der Waals surface area contributed by atoms with Gasteiger partial charge >= 0.3 is 5.97 Å². The molecule has 0 bridgehead atoms. The van der Waals surface area contributed by atoms with E-state index in [9.17, 15) is 4.79 Å². The number of carbonyl (C=O) groups is 1. The number of rotatable bonds is 3. The molecule has 72 valence electrons. The summed E-state index contributed by atoms with van der Waals surface area (Å²) < 4.78 is 9.94. The molecule has 0 saturated carbocycles. The maximum absolute atomic E-state index is 11.5.